The van der Waals surface area contributed by atoms with Crippen LogP contribution in [0.25, 0.3) is 0 Å². The molecule has 35 nitrogen and oxygen atoms in total. The lowest BCUT2D eigenvalue weighted by Crippen LogP contribution is -2.62. The van der Waals surface area contributed by atoms with E-state index in [2.05, 4.69) is 52.5 Å². The number of carbonyl (C=O) groups is 13. The van der Waals surface area contributed by atoms with Crippen molar-refractivity contribution in [2.24, 2.45) is 74.0 Å². The molecular formula is C70H124N20O15. The molecule has 0 aromatic rings. The zero-order valence-electron chi connectivity index (χ0n) is 63.5. The number of carbonyl (C=O) groups excluding carboxylic acids is 12. The number of carboxylic acids is 1. The average molecular weight is 1490 g/mol. The van der Waals surface area contributed by atoms with Crippen molar-refractivity contribution in [2.75, 3.05) is 45.8 Å². The average Bonchev–Trinajstić information content (AvgIpc) is 1.68. The predicted molar refractivity (Wildman–Crippen MR) is 392 cm³/mol. The van der Waals surface area contributed by atoms with Gasteiger partial charge in [0.2, 0.25) is 70.9 Å². The van der Waals surface area contributed by atoms with Gasteiger partial charge in [0.05, 0.1) is 12.1 Å². The van der Waals surface area contributed by atoms with E-state index < -0.39 is 173 Å². The van der Waals surface area contributed by atoms with E-state index in [4.69, 9.17) is 34.4 Å². The third-order valence-electron chi connectivity index (χ3n) is 19.8. The van der Waals surface area contributed by atoms with E-state index in [9.17, 15) is 72.5 Å². The first-order valence-electron chi connectivity index (χ1n) is 37.6. The predicted octanol–water partition coefficient (Wildman–Crippen LogP) is -2.69. The van der Waals surface area contributed by atoms with Gasteiger partial charge in [0.15, 0.2) is 11.9 Å². The van der Waals surface area contributed by atoms with Crippen molar-refractivity contribution in [1.29, 1.82) is 0 Å². The molecule has 4 heterocycles. The van der Waals surface area contributed by atoms with Crippen LogP contribution in [0, 0.1) is 29.6 Å². The van der Waals surface area contributed by atoms with Gasteiger partial charge in [-0.05, 0) is 152 Å². The molecular weight excluding hydrogens is 1360 g/mol. The Hall–Kier alpha value is -8.47. The van der Waals surface area contributed by atoms with Gasteiger partial charge in [0.1, 0.15) is 72.5 Å². The van der Waals surface area contributed by atoms with Crippen molar-refractivity contribution in [3.8, 4) is 0 Å². The Labute approximate surface area is 617 Å². The maximum absolute atomic E-state index is 15.0. The SMILES string of the molecule is CC[C@H](C)[C@H](NC(=O)[C@@H]1CCCN1C(=O)[C@H](CC(C)C)NC(=O)[C@@H]1CCCN1C(=O)[C@H](CCCN=C(N)N)NC(=O)[C@H](CCCCN)NC(=O)[C@H](CC(C)C)NC(=O)[C@@H](N)C(C)C)C(=O)N1CCC[C@H]1C(=O)N1CCC[C@H]1C(=O)N[C@H](C(=O)N[C@H](C(=O)N[C@@H](CCCN=C(N)N)C(=O)O)[C@@H](C)O)C(C)C. The summed E-state index contributed by atoms with van der Waals surface area (Å²) in [6, 6.07) is -15.3. The van der Waals surface area contributed by atoms with E-state index in [1.807, 2.05) is 34.6 Å². The van der Waals surface area contributed by atoms with Gasteiger partial charge in [-0.15, -0.1) is 0 Å². The molecule has 4 fully saturated rings. The molecule has 105 heavy (non-hydrogen) atoms. The normalized spacial score (nSPS) is 20.5. The summed E-state index contributed by atoms with van der Waals surface area (Å²) >= 11 is 0. The molecule has 4 aliphatic heterocycles. The molecule has 12 amide bonds. The van der Waals surface area contributed by atoms with Gasteiger partial charge in [-0.25, -0.2) is 4.79 Å². The van der Waals surface area contributed by atoms with Crippen LogP contribution in [0.1, 0.15) is 192 Å². The number of likely N-dealkylation sites (tertiary alicyclic amines) is 4. The van der Waals surface area contributed by atoms with Gasteiger partial charge in [-0.1, -0.05) is 75.7 Å². The fourth-order valence-electron chi connectivity index (χ4n) is 13.7. The minimum absolute atomic E-state index is 0.0144. The smallest absolute Gasteiger partial charge is 0.326 e. The number of carboxylic acid groups (broad SMARTS) is 1. The van der Waals surface area contributed by atoms with Gasteiger partial charge in [-0.3, -0.25) is 67.5 Å². The van der Waals surface area contributed by atoms with Crippen LogP contribution < -0.4 is 76.9 Å². The third kappa shape index (κ3) is 26.8. The van der Waals surface area contributed by atoms with Crippen molar-refractivity contribution in [3.63, 3.8) is 0 Å². The summed E-state index contributed by atoms with van der Waals surface area (Å²) in [7, 11) is 0. The Morgan fingerprint density at radius 3 is 1.32 bits per heavy atom. The number of nitrogens with two attached hydrogens (primary N) is 6. The molecule has 0 radical (unpaired) electrons. The standard InChI is InChI=1S/C70H124N20O15/c1-12-41(10)54(67(103)90-34-20-27-51(90)66(102)89-33-19-26-50(89)59(95)84-53(40(8)9)62(98)86-55(42(11)91)63(99)81-45(68(104)105)23-16-30-78-70(75)76)85-60(96)49-25-18-32-88(49)65(101)47(36-38(4)5)83-58(94)48-24-17-31-87(48)64(100)44(22-15-29-77-69(73)74)80-56(92)43(21-13-14-28-71)79-57(93)46(35-37(2)3)82-61(97)52(72)39(6)7/h37-55,91H,12-36,71-72H2,1-11H3,(H,79,93)(H,80,92)(H,81,99)(H,82,97)(H,83,94)(H,84,95)(H,85,96)(H,86,98)(H,104,105)(H4,73,74,77)(H4,75,76,78)/t41-,42+,43-,44-,45-,46-,47-,48-,49-,50-,51-,52-,53-,54-,55-/m0/s1. The zero-order chi connectivity index (χ0) is 78.7. The summed E-state index contributed by atoms with van der Waals surface area (Å²) in [6.07, 6.45) is 3.15. The second kappa shape index (κ2) is 43.2. The minimum atomic E-state index is -1.64. The fraction of sp³-hybridized carbons (Fsp3) is 0.786. The van der Waals surface area contributed by atoms with Gasteiger partial charge in [-0.2, -0.15) is 0 Å². The summed E-state index contributed by atoms with van der Waals surface area (Å²) in [6.45, 7) is 20.2. The highest BCUT2D eigenvalue weighted by Crippen LogP contribution is 2.29. The highest BCUT2D eigenvalue weighted by Gasteiger charge is 2.48. The van der Waals surface area contributed by atoms with E-state index >= 15 is 0 Å². The van der Waals surface area contributed by atoms with E-state index in [-0.39, 0.29) is 140 Å². The Balaban J connectivity index is 1.51. The maximum Gasteiger partial charge on any atom is 0.326 e. The molecule has 4 rings (SSSR count). The number of guanidine groups is 2. The van der Waals surface area contributed by atoms with Crippen LogP contribution in [0.3, 0.4) is 0 Å². The molecule has 4 saturated heterocycles. The Morgan fingerprint density at radius 1 is 0.438 bits per heavy atom. The molecule has 594 valence electrons. The van der Waals surface area contributed by atoms with E-state index in [0.29, 0.717) is 51.5 Å². The lowest BCUT2D eigenvalue weighted by atomic mass is 9.96. The lowest BCUT2D eigenvalue weighted by Gasteiger charge is -2.36. The number of hydrogen-bond donors (Lipinski definition) is 16. The summed E-state index contributed by atoms with van der Waals surface area (Å²) in [5.41, 5.74) is 33.9. The Kier molecular flexibility index (Phi) is 36.6. The number of unbranched alkanes of at least 4 members (excludes halogenated alkanes) is 1. The number of aliphatic hydroxyl groups is 1. The first-order valence-corrected chi connectivity index (χ1v) is 37.6. The van der Waals surface area contributed by atoms with Crippen molar-refractivity contribution in [1.82, 2.24) is 62.1 Å². The van der Waals surface area contributed by atoms with Crippen LogP contribution in [0.5, 0.6) is 0 Å². The topological polar surface area (TPSA) is 552 Å². The molecule has 0 unspecified atom stereocenters. The number of rotatable bonds is 42. The minimum Gasteiger partial charge on any atom is -0.480 e. The van der Waals surface area contributed by atoms with Crippen LogP contribution in [0.2, 0.25) is 0 Å². The zero-order valence-corrected chi connectivity index (χ0v) is 63.5. The monoisotopic (exact) mass is 1480 g/mol. The van der Waals surface area contributed by atoms with Crippen LogP contribution in [0.15, 0.2) is 9.98 Å². The van der Waals surface area contributed by atoms with Gasteiger partial charge in [0, 0.05) is 39.3 Å². The largest absolute Gasteiger partial charge is 0.480 e. The summed E-state index contributed by atoms with van der Waals surface area (Å²) in [5, 5.41) is 42.2. The molecule has 0 aliphatic carbocycles. The molecule has 0 bridgehead atoms. The second-order valence-electron chi connectivity index (χ2n) is 29.9. The molecule has 0 saturated carbocycles. The van der Waals surface area contributed by atoms with Crippen molar-refractivity contribution < 1.29 is 72.5 Å². The Morgan fingerprint density at radius 2 is 0.848 bits per heavy atom. The highest BCUT2D eigenvalue weighted by molar-refractivity contribution is 6.00. The van der Waals surface area contributed by atoms with E-state index in [0.717, 1.165) is 0 Å². The molecule has 15 atom stereocenters. The van der Waals surface area contributed by atoms with Gasteiger partial charge >= 0.3 is 5.97 Å². The van der Waals surface area contributed by atoms with Crippen molar-refractivity contribution in [2.45, 2.75) is 276 Å². The summed E-state index contributed by atoms with van der Waals surface area (Å²) in [5.74, 6) is -11.1. The van der Waals surface area contributed by atoms with Crippen LogP contribution in [-0.2, 0) is 62.3 Å². The summed E-state index contributed by atoms with van der Waals surface area (Å²) < 4.78 is 0. The number of amides is 12. The van der Waals surface area contributed by atoms with Crippen LogP contribution >= 0.6 is 0 Å². The second-order valence-corrected chi connectivity index (χ2v) is 29.9. The number of hydrogen-bond acceptors (Lipinski definition) is 18. The highest BCUT2D eigenvalue weighted by atomic mass is 16.4. The molecule has 4 aliphatic rings. The molecule has 0 aromatic carbocycles. The van der Waals surface area contributed by atoms with Gasteiger partial charge in [0.25, 0.3) is 0 Å². The number of nitrogens with one attached hydrogen (secondary N) is 8. The molecule has 0 aromatic heterocycles. The van der Waals surface area contributed by atoms with Crippen molar-refractivity contribution >= 4 is 88.8 Å². The fourth-order valence-corrected chi connectivity index (χ4v) is 13.7. The van der Waals surface area contributed by atoms with Gasteiger partial charge < -0.3 is 107 Å². The first kappa shape index (κ1) is 88.9. The maximum atomic E-state index is 15.0. The van der Waals surface area contributed by atoms with Crippen molar-refractivity contribution in [3.05, 3.63) is 0 Å². The number of aliphatic carboxylic acids is 1. The van der Waals surface area contributed by atoms with Crippen LogP contribution in [-0.4, -0.2) is 249 Å². The van der Waals surface area contributed by atoms with Crippen LogP contribution in [0.4, 0.5) is 0 Å². The molecule has 22 N–H and O–H groups in total. The Bertz CT molecular complexity index is 3030. The number of nitrogens with zero attached hydrogens (tertiary/aromatic N) is 6. The number of aliphatic imine (C=N–C) groups is 2. The quantitative estimate of drug-likeness (QED) is 0.0168. The molecule has 35 heteroatoms. The summed E-state index contributed by atoms with van der Waals surface area (Å²) in [4.78, 5) is 198. The number of aliphatic hydroxyl groups excluding tert-OH is 1. The first-order chi connectivity index (χ1) is 49.4. The molecule has 0 spiro atoms. The van der Waals surface area contributed by atoms with E-state index in [1.165, 1.54) is 26.5 Å². The lowest BCUT2D eigenvalue weighted by molar-refractivity contribution is -0.149. The van der Waals surface area contributed by atoms with E-state index in [1.54, 1.807) is 34.6 Å². The third-order valence-corrected chi connectivity index (χ3v) is 19.8.